The molecule has 0 N–H and O–H groups in total. The maximum absolute atomic E-state index is 11.9. The van der Waals surface area contributed by atoms with E-state index in [-0.39, 0.29) is 11.5 Å². The number of nitro benzene ring substituents is 1. The summed E-state index contributed by atoms with van der Waals surface area (Å²) in [5.74, 6) is -0.0941. The first kappa shape index (κ1) is 13.7. The molecule has 0 saturated heterocycles. The van der Waals surface area contributed by atoms with Gasteiger partial charge in [0.15, 0.2) is 5.78 Å². The van der Waals surface area contributed by atoms with Crippen LogP contribution in [-0.4, -0.2) is 10.7 Å². The third-order valence-corrected chi connectivity index (χ3v) is 2.87. The summed E-state index contributed by atoms with van der Waals surface area (Å²) in [7, 11) is 0. The molecule has 0 unspecified atom stereocenters. The number of carbonyl (C=O) groups is 1. The summed E-state index contributed by atoms with van der Waals surface area (Å²) >= 11 is 0. The van der Waals surface area contributed by atoms with Crippen molar-refractivity contribution in [3.8, 4) is 0 Å². The van der Waals surface area contributed by atoms with Crippen LogP contribution in [-0.2, 0) is 0 Å². The Labute approximate surface area is 116 Å². The highest BCUT2D eigenvalue weighted by Gasteiger charge is 2.03. The molecule has 20 heavy (non-hydrogen) atoms. The second-order valence-corrected chi connectivity index (χ2v) is 4.41. The number of carbonyl (C=O) groups excluding carboxylic acids is 1. The van der Waals surface area contributed by atoms with Crippen LogP contribution >= 0.6 is 0 Å². The molecule has 0 amide bonds. The maximum atomic E-state index is 11.9. The number of ketones is 1. The fraction of sp³-hybridized carbons (Fsp3) is 0.0625. The molecule has 0 aliphatic carbocycles. The van der Waals surface area contributed by atoms with Gasteiger partial charge in [-0.15, -0.1) is 0 Å². The summed E-state index contributed by atoms with van der Waals surface area (Å²) < 4.78 is 0. The molecule has 0 heterocycles. The van der Waals surface area contributed by atoms with Crippen LogP contribution in [0.25, 0.3) is 6.08 Å². The van der Waals surface area contributed by atoms with Crippen molar-refractivity contribution < 1.29 is 9.72 Å². The van der Waals surface area contributed by atoms with Crippen LogP contribution in [0, 0.1) is 17.0 Å². The van der Waals surface area contributed by atoms with Gasteiger partial charge in [0.2, 0.25) is 0 Å². The third-order valence-electron chi connectivity index (χ3n) is 2.87. The third kappa shape index (κ3) is 3.38. The highest BCUT2D eigenvalue weighted by Crippen LogP contribution is 2.13. The van der Waals surface area contributed by atoms with Crippen LogP contribution < -0.4 is 0 Å². The van der Waals surface area contributed by atoms with E-state index in [4.69, 9.17) is 0 Å². The van der Waals surface area contributed by atoms with Gasteiger partial charge in [-0.2, -0.15) is 0 Å². The van der Waals surface area contributed by atoms with E-state index in [0.29, 0.717) is 5.56 Å². The molecule has 0 fully saturated rings. The Morgan fingerprint density at radius 3 is 2.20 bits per heavy atom. The molecular weight excluding hydrogens is 254 g/mol. The molecule has 0 atom stereocenters. The summed E-state index contributed by atoms with van der Waals surface area (Å²) in [6.45, 7) is 1.96. The molecule has 2 aromatic rings. The lowest BCUT2D eigenvalue weighted by atomic mass is 10.1. The predicted octanol–water partition coefficient (Wildman–Crippen LogP) is 3.80. The lowest BCUT2D eigenvalue weighted by Crippen LogP contribution is -1.93. The fourth-order valence-corrected chi connectivity index (χ4v) is 1.69. The van der Waals surface area contributed by atoms with Crippen LogP contribution in [0.2, 0.25) is 0 Å². The van der Waals surface area contributed by atoms with Crippen molar-refractivity contribution in [3.05, 3.63) is 81.4 Å². The first-order chi connectivity index (χ1) is 9.56. The summed E-state index contributed by atoms with van der Waals surface area (Å²) in [6, 6.07) is 13.4. The first-order valence-electron chi connectivity index (χ1n) is 6.10. The quantitative estimate of drug-likeness (QED) is 0.366. The van der Waals surface area contributed by atoms with E-state index in [1.54, 1.807) is 30.3 Å². The van der Waals surface area contributed by atoms with Gasteiger partial charge in [-0.05, 0) is 30.7 Å². The van der Waals surface area contributed by atoms with Crippen molar-refractivity contribution in [2.24, 2.45) is 0 Å². The average molecular weight is 267 g/mol. The monoisotopic (exact) mass is 267 g/mol. The summed E-state index contributed by atoms with van der Waals surface area (Å²) in [4.78, 5) is 22.0. The van der Waals surface area contributed by atoms with E-state index in [1.807, 2.05) is 19.1 Å². The van der Waals surface area contributed by atoms with E-state index in [9.17, 15) is 14.9 Å². The first-order valence-corrected chi connectivity index (χ1v) is 6.10. The van der Waals surface area contributed by atoms with Crippen molar-refractivity contribution >= 4 is 17.5 Å². The molecule has 0 saturated carbocycles. The van der Waals surface area contributed by atoms with Gasteiger partial charge in [0.05, 0.1) is 4.92 Å². The van der Waals surface area contributed by atoms with Crippen LogP contribution in [0.1, 0.15) is 21.5 Å². The number of aryl methyl sites for hydroxylation is 1. The number of hydrogen-bond acceptors (Lipinski definition) is 3. The Morgan fingerprint density at radius 2 is 1.65 bits per heavy atom. The predicted molar refractivity (Wildman–Crippen MR) is 77.6 cm³/mol. The number of nitrogens with zero attached hydrogens (tertiary/aromatic N) is 1. The van der Waals surface area contributed by atoms with Crippen molar-refractivity contribution in [2.75, 3.05) is 0 Å². The van der Waals surface area contributed by atoms with Gasteiger partial charge in [0.1, 0.15) is 0 Å². The average Bonchev–Trinajstić information content (AvgIpc) is 2.46. The zero-order valence-corrected chi connectivity index (χ0v) is 10.9. The minimum absolute atomic E-state index is 0.0343. The van der Waals surface area contributed by atoms with Crippen molar-refractivity contribution in [2.45, 2.75) is 6.92 Å². The highest BCUT2D eigenvalue weighted by atomic mass is 16.6. The SMILES string of the molecule is Cc1ccc(C(=O)/C=C/c2ccc([N+](=O)[O-])cc2)cc1. The Bertz CT molecular complexity index is 655. The van der Waals surface area contributed by atoms with E-state index in [1.165, 1.54) is 18.2 Å². The topological polar surface area (TPSA) is 60.2 Å². The summed E-state index contributed by atoms with van der Waals surface area (Å²) in [6.07, 6.45) is 3.11. The van der Waals surface area contributed by atoms with Crippen LogP contribution in [0.3, 0.4) is 0 Å². The Morgan fingerprint density at radius 1 is 1.05 bits per heavy atom. The van der Waals surface area contributed by atoms with E-state index < -0.39 is 4.92 Å². The standard InChI is InChI=1S/C16H13NO3/c1-12-2-7-14(8-3-12)16(18)11-6-13-4-9-15(10-5-13)17(19)20/h2-11H,1H3/b11-6+. The molecular formula is C16H13NO3. The number of rotatable bonds is 4. The smallest absolute Gasteiger partial charge is 0.269 e. The summed E-state index contributed by atoms with van der Waals surface area (Å²) in [5, 5.41) is 10.5. The number of benzene rings is 2. The minimum Gasteiger partial charge on any atom is -0.289 e. The number of hydrogen-bond donors (Lipinski definition) is 0. The molecule has 0 aliphatic heterocycles. The highest BCUT2D eigenvalue weighted by molar-refractivity contribution is 6.06. The van der Waals surface area contributed by atoms with Crippen LogP contribution in [0.15, 0.2) is 54.6 Å². The van der Waals surface area contributed by atoms with Gasteiger partial charge in [-0.3, -0.25) is 14.9 Å². The summed E-state index contributed by atoms with van der Waals surface area (Å²) in [5.41, 5.74) is 2.50. The minimum atomic E-state index is -0.453. The Hall–Kier alpha value is -2.75. The maximum Gasteiger partial charge on any atom is 0.269 e. The Kier molecular flexibility index (Phi) is 4.05. The lowest BCUT2D eigenvalue weighted by Gasteiger charge is -1.97. The molecule has 0 aromatic heterocycles. The van der Waals surface area contributed by atoms with Gasteiger partial charge in [-0.1, -0.05) is 35.9 Å². The molecule has 4 heteroatoms. The number of nitro groups is 1. The van der Waals surface area contributed by atoms with E-state index in [2.05, 4.69) is 0 Å². The van der Waals surface area contributed by atoms with E-state index in [0.717, 1.165) is 11.1 Å². The Balaban J connectivity index is 2.10. The number of allylic oxidation sites excluding steroid dienone is 1. The molecule has 0 bridgehead atoms. The second-order valence-electron chi connectivity index (χ2n) is 4.41. The zero-order valence-electron chi connectivity index (χ0n) is 10.9. The number of non-ortho nitro benzene ring substituents is 1. The van der Waals surface area contributed by atoms with Crippen molar-refractivity contribution in [1.29, 1.82) is 0 Å². The van der Waals surface area contributed by atoms with Crippen LogP contribution in [0.4, 0.5) is 5.69 Å². The largest absolute Gasteiger partial charge is 0.289 e. The zero-order chi connectivity index (χ0) is 14.5. The molecule has 2 rings (SSSR count). The van der Waals surface area contributed by atoms with Crippen LogP contribution in [0.5, 0.6) is 0 Å². The molecule has 2 aromatic carbocycles. The molecule has 0 spiro atoms. The molecule has 0 radical (unpaired) electrons. The van der Waals surface area contributed by atoms with Gasteiger partial charge >= 0.3 is 0 Å². The van der Waals surface area contributed by atoms with E-state index >= 15 is 0 Å². The van der Waals surface area contributed by atoms with Gasteiger partial charge in [0.25, 0.3) is 5.69 Å². The lowest BCUT2D eigenvalue weighted by molar-refractivity contribution is -0.384. The fourth-order valence-electron chi connectivity index (χ4n) is 1.69. The molecule has 100 valence electrons. The van der Waals surface area contributed by atoms with Crippen molar-refractivity contribution in [3.63, 3.8) is 0 Å². The van der Waals surface area contributed by atoms with Crippen molar-refractivity contribution in [1.82, 2.24) is 0 Å². The molecule has 0 aliphatic rings. The molecule has 4 nitrogen and oxygen atoms in total. The normalized spacial score (nSPS) is 10.7. The van der Waals surface area contributed by atoms with Gasteiger partial charge in [0, 0.05) is 17.7 Å². The van der Waals surface area contributed by atoms with Gasteiger partial charge < -0.3 is 0 Å². The van der Waals surface area contributed by atoms with Gasteiger partial charge in [-0.25, -0.2) is 0 Å². The second kappa shape index (κ2) is 5.93.